The predicted molar refractivity (Wildman–Crippen MR) is 74.3 cm³/mol. The van der Waals surface area contributed by atoms with Gasteiger partial charge in [-0.25, -0.2) is 0 Å². The Labute approximate surface area is 116 Å². The van der Waals surface area contributed by atoms with Crippen LogP contribution in [0.5, 0.6) is 0 Å². The van der Waals surface area contributed by atoms with Gasteiger partial charge in [0.25, 0.3) is 0 Å². The fraction of sp³-hybridized carbons (Fsp3) is 0.538. The van der Waals surface area contributed by atoms with Crippen molar-refractivity contribution in [1.29, 1.82) is 0 Å². The second-order valence-corrected chi connectivity index (χ2v) is 5.98. The lowest BCUT2D eigenvalue weighted by molar-refractivity contribution is -0.137. The van der Waals surface area contributed by atoms with Gasteiger partial charge in [-0.15, -0.1) is 11.8 Å². The number of thiol groups is 1. The first-order valence-electron chi connectivity index (χ1n) is 5.75. The topological polar surface area (TPSA) is 0 Å². The van der Waals surface area contributed by atoms with Gasteiger partial charge < -0.3 is 0 Å². The van der Waals surface area contributed by atoms with Gasteiger partial charge in [-0.1, -0.05) is 19.9 Å². The maximum absolute atomic E-state index is 12.5. The van der Waals surface area contributed by atoms with E-state index in [4.69, 9.17) is 0 Å². The average Bonchev–Trinajstić information content (AvgIpc) is 2.28. The van der Waals surface area contributed by atoms with Crippen LogP contribution in [0.25, 0.3) is 0 Å². The van der Waals surface area contributed by atoms with Gasteiger partial charge in [-0.2, -0.15) is 25.8 Å². The summed E-state index contributed by atoms with van der Waals surface area (Å²) in [5, 5.41) is 0. The zero-order chi connectivity index (χ0) is 13.8. The monoisotopic (exact) mass is 294 g/mol. The van der Waals surface area contributed by atoms with Crippen molar-refractivity contribution in [3.05, 3.63) is 29.8 Å². The number of hydrogen-bond donors (Lipinski definition) is 1. The highest BCUT2D eigenvalue weighted by molar-refractivity contribution is 7.99. The molecule has 1 unspecified atom stereocenters. The van der Waals surface area contributed by atoms with Crippen molar-refractivity contribution in [1.82, 2.24) is 0 Å². The molecule has 0 spiro atoms. The van der Waals surface area contributed by atoms with Crippen molar-refractivity contribution < 1.29 is 13.2 Å². The number of benzene rings is 1. The van der Waals surface area contributed by atoms with E-state index in [1.165, 1.54) is 23.9 Å². The normalized spacial score (nSPS) is 13.9. The minimum absolute atomic E-state index is 0.410. The summed E-state index contributed by atoms with van der Waals surface area (Å²) in [5.74, 6) is 2.44. The molecule has 0 heterocycles. The quantitative estimate of drug-likeness (QED) is 0.589. The lowest BCUT2D eigenvalue weighted by Gasteiger charge is -2.18. The molecule has 0 aromatic heterocycles. The molecule has 0 amide bonds. The third kappa shape index (κ3) is 4.76. The minimum atomic E-state index is -4.27. The standard InChI is InChI=1S/C13H17F3S2/c1-9(2)10(7-17)8-18-12-5-3-4-11(6-12)13(14,15)16/h3-6,9-10,17H,7-8H2,1-2H3. The van der Waals surface area contributed by atoms with Crippen LogP contribution < -0.4 is 0 Å². The van der Waals surface area contributed by atoms with Crippen LogP contribution in [0, 0.1) is 11.8 Å². The highest BCUT2D eigenvalue weighted by Crippen LogP contribution is 2.32. The van der Waals surface area contributed by atoms with Crippen LogP contribution in [0.3, 0.4) is 0 Å². The molecule has 0 N–H and O–H groups in total. The molecular formula is C13H17F3S2. The van der Waals surface area contributed by atoms with Gasteiger partial charge in [0, 0.05) is 10.6 Å². The molecule has 0 saturated heterocycles. The first-order chi connectivity index (χ1) is 8.34. The van der Waals surface area contributed by atoms with E-state index < -0.39 is 11.7 Å². The molecule has 0 nitrogen and oxygen atoms in total. The van der Waals surface area contributed by atoms with E-state index in [-0.39, 0.29) is 0 Å². The zero-order valence-corrected chi connectivity index (χ0v) is 12.1. The summed E-state index contributed by atoms with van der Waals surface area (Å²) < 4.78 is 37.6. The maximum Gasteiger partial charge on any atom is 0.416 e. The Morgan fingerprint density at radius 2 is 1.94 bits per heavy atom. The van der Waals surface area contributed by atoms with Gasteiger partial charge >= 0.3 is 6.18 Å². The Kier molecular flexibility index (Phi) is 5.92. The second-order valence-electron chi connectivity index (χ2n) is 4.52. The third-order valence-electron chi connectivity index (χ3n) is 2.80. The van der Waals surface area contributed by atoms with Gasteiger partial charge in [-0.05, 0) is 35.8 Å². The summed E-state index contributed by atoms with van der Waals surface area (Å²) in [4.78, 5) is 0.664. The first kappa shape index (κ1) is 15.8. The minimum Gasteiger partial charge on any atom is -0.179 e. The highest BCUT2D eigenvalue weighted by Gasteiger charge is 2.30. The molecule has 18 heavy (non-hydrogen) atoms. The zero-order valence-electron chi connectivity index (χ0n) is 10.4. The summed E-state index contributed by atoms with van der Waals surface area (Å²) in [6.45, 7) is 4.21. The van der Waals surface area contributed by atoms with Crippen LogP contribution in [-0.2, 0) is 6.18 Å². The van der Waals surface area contributed by atoms with Gasteiger partial charge in [0.1, 0.15) is 0 Å². The summed E-state index contributed by atoms with van der Waals surface area (Å²) in [6.07, 6.45) is -4.27. The lowest BCUT2D eigenvalue weighted by atomic mass is 10.0. The number of alkyl halides is 3. The molecule has 1 rings (SSSR count). The summed E-state index contributed by atoms with van der Waals surface area (Å²) in [5.41, 5.74) is -0.584. The molecule has 0 aliphatic rings. The third-order valence-corrected chi connectivity index (χ3v) is 4.45. The fourth-order valence-electron chi connectivity index (χ4n) is 1.42. The number of rotatable bonds is 5. The summed E-state index contributed by atoms with van der Waals surface area (Å²) in [6, 6.07) is 5.48. The number of halogens is 3. The Balaban J connectivity index is 2.68. The molecule has 0 aliphatic carbocycles. The highest BCUT2D eigenvalue weighted by atomic mass is 32.2. The second kappa shape index (κ2) is 6.75. The lowest BCUT2D eigenvalue weighted by Crippen LogP contribution is -2.13. The molecule has 0 bridgehead atoms. The van der Waals surface area contributed by atoms with E-state index in [9.17, 15) is 13.2 Å². The van der Waals surface area contributed by atoms with E-state index in [0.29, 0.717) is 16.7 Å². The van der Waals surface area contributed by atoms with Crippen LogP contribution >= 0.6 is 24.4 Å². The van der Waals surface area contributed by atoms with Crippen LogP contribution in [-0.4, -0.2) is 11.5 Å². The smallest absolute Gasteiger partial charge is 0.179 e. The molecule has 1 atom stereocenters. The van der Waals surface area contributed by atoms with Gasteiger partial charge in [0.15, 0.2) is 0 Å². The number of thioether (sulfide) groups is 1. The van der Waals surface area contributed by atoms with E-state index in [0.717, 1.165) is 17.6 Å². The molecule has 0 radical (unpaired) electrons. The maximum atomic E-state index is 12.5. The van der Waals surface area contributed by atoms with Gasteiger partial charge in [-0.3, -0.25) is 0 Å². The van der Waals surface area contributed by atoms with Crippen molar-refractivity contribution in [2.75, 3.05) is 11.5 Å². The van der Waals surface area contributed by atoms with Crippen molar-refractivity contribution in [3.8, 4) is 0 Å². The SMILES string of the molecule is CC(C)C(CS)CSc1cccc(C(F)(F)F)c1. The molecule has 0 fully saturated rings. The summed E-state index contributed by atoms with van der Waals surface area (Å²) >= 11 is 5.74. The van der Waals surface area contributed by atoms with Crippen LogP contribution in [0.1, 0.15) is 19.4 Å². The van der Waals surface area contributed by atoms with E-state index in [1.54, 1.807) is 6.07 Å². The molecule has 1 aromatic carbocycles. The summed E-state index contributed by atoms with van der Waals surface area (Å²) in [7, 11) is 0. The van der Waals surface area contributed by atoms with Gasteiger partial charge in [0.2, 0.25) is 0 Å². The van der Waals surface area contributed by atoms with Crippen LogP contribution in [0.4, 0.5) is 13.2 Å². The molecular weight excluding hydrogens is 277 g/mol. The Hall–Kier alpha value is -0.290. The van der Waals surface area contributed by atoms with Crippen molar-refractivity contribution in [2.45, 2.75) is 24.9 Å². The fourth-order valence-corrected chi connectivity index (χ4v) is 3.44. The molecule has 0 aliphatic heterocycles. The Morgan fingerprint density at radius 1 is 1.28 bits per heavy atom. The Morgan fingerprint density at radius 3 is 2.44 bits per heavy atom. The first-order valence-corrected chi connectivity index (χ1v) is 7.37. The largest absolute Gasteiger partial charge is 0.416 e. The number of hydrogen-bond acceptors (Lipinski definition) is 2. The van der Waals surface area contributed by atoms with Crippen molar-refractivity contribution >= 4 is 24.4 Å². The molecule has 1 aromatic rings. The average molecular weight is 294 g/mol. The van der Waals surface area contributed by atoms with Gasteiger partial charge in [0.05, 0.1) is 5.56 Å². The van der Waals surface area contributed by atoms with Crippen LogP contribution in [0.15, 0.2) is 29.2 Å². The van der Waals surface area contributed by atoms with Crippen molar-refractivity contribution in [3.63, 3.8) is 0 Å². The molecule has 102 valence electrons. The van der Waals surface area contributed by atoms with E-state index in [2.05, 4.69) is 26.5 Å². The molecule has 0 saturated carbocycles. The van der Waals surface area contributed by atoms with Crippen LogP contribution in [0.2, 0.25) is 0 Å². The molecule has 5 heteroatoms. The Bertz CT molecular complexity index is 375. The van der Waals surface area contributed by atoms with Crippen molar-refractivity contribution in [2.24, 2.45) is 11.8 Å². The van der Waals surface area contributed by atoms with E-state index >= 15 is 0 Å². The van der Waals surface area contributed by atoms with E-state index in [1.807, 2.05) is 0 Å². The predicted octanol–water partition coefficient (Wildman–Crippen LogP) is 5.00.